The zero-order valence-electron chi connectivity index (χ0n) is 20.5. The SMILES string of the molecule is CCCOC(=O)c1c(NC(=O)c2ccn(Cn3nnc(-c4ccccc4)n3)n2)sc(C(=O)OCC)c1C. The summed E-state index contributed by atoms with van der Waals surface area (Å²) in [6, 6.07) is 10.9. The lowest BCUT2D eigenvalue weighted by Crippen LogP contribution is -2.17. The van der Waals surface area contributed by atoms with Gasteiger partial charge in [-0.25, -0.2) is 14.3 Å². The zero-order valence-corrected chi connectivity index (χ0v) is 21.3. The summed E-state index contributed by atoms with van der Waals surface area (Å²) in [5.41, 5.74) is 1.43. The van der Waals surface area contributed by atoms with Crippen molar-refractivity contribution in [1.29, 1.82) is 0 Å². The van der Waals surface area contributed by atoms with E-state index in [1.165, 1.54) is 15.5 Å². The Labute approximate surface area is 216 Å². The summed E-state index contributed by atoms with van der Waals surface area (Å²) in [6.07, 6.45) is 2.23. The molecule has 3 heterocycles. The molecule has 1 aromatic carbocycles. The number of aromatic nitrogens is 6. The van der Waals surface area contributed by atoms with Gasteiger partial charge in [-0.1, -0.05) is 37.3 Å². The number of hydrogen-bond donors (Lipinski definition) is 1. The number of amides is 1. The summed E-state index contributed by atoms with van der Waals surface area (Å²) in [7, 11) is 0. The number of hydrogen-bond acceptors (Lipinski definition) is 10. The van der Waals surface area contributed by atoms with Gasteiger partial charge in [0, 0.05) is 11.8 Å². The van der Waals surface area contributed by atoms with Crippen LogP contribution in [-0.2, 0) is 16.1 Å². The first-order chi connectivity index (χ1) is 17.9. The minimum absolute atomic E-state index is 0.0972. The third-order valence-corrected chi connectivity index (χ3v) is 6.29. The van der Waals surface area contributed by atoms with Crippen LogP contribution in [0.25, 0.3) is 11.4 Å². The van der Waals surface area contributed by atoms with E-state index in [4.69, 9.17) is 9.47 Å². The molecule has 0 spiro atoms. The summed E-state index contributed by atoms with van der Waals surface area (Å²) < 4.78 is 11.8. The molecule has 0 saturated carbocycles. The number of nitrogens with zero attached hydrogens (tertiary/aromatic N) is 6. The first kappa shape index (κ1) is 25.7. The van der Waals surface area contributed by atoms with Crippen molar-refractivity contribution in [2.45, 2.75) is 33.9 Å². The lowest BCUT2D eigenvalue weighted by molar-refractivity contribution is 0.0506. The number of carbonyl (C=O) groups is 3. The van der Waals surface area contributed by atoms with Gasteiger partial charge in [-0.05, 0) is 37.1 Å². The van der Waals surface area contributed by atoms with Crippen LogP contribution in [0.3, 0.4) is 0 Å². The standard InChI is InChI=1S/C24H25N7O5S/c1-4-13-36-23(33)18-15(3)19(24(34)35-5-2)37-22(18)25-21(32)17-11-12-30(27-17)14-31-28-20(26-29-31)16-9-7-6-8-10-16/h6-12H,4-5,13-14H2,1-3H3,(H,25,32). The first-order valence-electron chi connectivity index (χ1n) is 11.6. The van der Waals surface area contributed by atoms with Crippen LogP contribution in [0.5, 0.6) is 0 Å². The molecular formula is C24H25N7O5S. The lowest BCUT2D eigenvalue weighted by atomic mass is 10.1. The number of esters is 2. The Kier molecular flexibility index (Phi) is 8.03. The van der Waals surface area contributed by atoms with Crippen molar-refractivity contribution < 1.29 is 23.9 Å². The molecule has 0 bridgehead atoms. The maximum Gasteiger partial charge on any atom is 0.348 e. The van der Waals surface area contributed by atoms with Crippen molar-refractivity contribution in [2.75, 3.05) is 18.5 Å². The Morgan fingerprint density at radius 3 is 2.54 bits per heavy atom. The van der Waals surface area contributed by atoms with Gasteiger partial charge >= 0.3 is 11.9 Å². The van der Waals surface area contributed by atoms with E-state index in [0.717, 1.165) is 16.9 Å². The van der Waals surface area contributed by atoms with E-state index in [9.17, 15) is 14.4 Å². The average molecular weight is 524 g/mol. The van der Waals surface area contributed by atoms with Gasteiger partial charge in [-0.2, -0.15) is 5.10 Å². The maximum absolute atomic E-state index is 13.0. The zero-order chi connectivity index (χ0) is 26.4. The molecule has 0 aliphatic carbocycles. The Bertz CT molecular complexity index is 1410. The molecule has 0 saturated heterocycles. The van der Waals surface area contributed by atoms with Gasteiger partial charge in [-0.15, -0.1) is 26.3 Å². The van der Waals surface area contributed by atoms with Gasteiger partial charge in [0.05, 0.1) is 18.8 Å². The van der Waals surface area contributed by atoms with E-state index in [0.29, 0.717) is 17.8 Å². The van der Waals surface area contributed by atoms with Gasteiger partial charge < -0.3 is 14.8 Å². The van der Waals surface area contributed by atoms with E-state index in [1.807, 2.05) is 37.3 Å². The van der Waals surface area contributed by atoms with E-state index >= 15 is 0 Å². The molecule has 1 amide bonds. The van der Waals surface area contributed by atoms with Crippen molar-refractivity contribution in [3.05, 3.63) is 64.3 Å². The fraction of sp³-hybridized carbons (Fsp3) is 0.292. The molecule has 3 aromatic heterocycles. The second-order valence-corrected chi connectivity index (χ2v) is 8.82. The second-order valence-electron chi connectivity index (χ2n) is 7.80. The molecule has 13 heteroatoms. The van der Waals surface area contributed by atoms with Crippen LogP contribution in [0.1, 0.15) is 56.3 Å². The third kappa shape index (κ3) is 5.89. The van der Waals surface area contributed by atoms with Gasteiger partial charge in [-0.3, -0.25) is 4.79 Å². The quantitative estimate of drug-likeness (QED) is 0.309. The number of nitrogens with one attached hydrogen (secondary N) is 1. The summed E-state index contributed by atoms with van der Waals surface area (Å²) in [6.45, 7) is 5.69. The fourth-order valence-electron chi connectivity index (χ4n) is 3.37. The first-order valence-corrected chi connectivity index (χ1v) is 12.4. The molecule has 0 fully saturated rings. The molecule has 1 N–H and O–H groups in total. The Morgan fingerprint density at radius 2 is 1.81 bits per heavy atom. The molecule has 192 valence electrons. The third-order valence-electron chi connectivity index (χ3n) is 5.11. The minimum Gasteiger partial charge on any atom is -0.462 e. The summed E-state index contributed by atoms with van der Waals surface area (Å²) in [5, 5.41) is 19.6. The lowest BCUT2D eigenvalue weighted by Gasteiger charge is -2.07. The molecule has 4 aromatic rings. The molecule has 12 nitrogen and oxygen atoms in total. The molecule has 0 radical (unpaired) electrons. The molecule has 0 aliphatic heterocycles. The Balaban J connectivity index is 1.51. The molecule has 0 unspecified atom stereocenters. The highest BCUT2D eigenvalue weighted by molar-refractivity contribution is 7.18. The number of ether oxygens (including phenoxy) is 2. The highest BCUT2D eigenvalue weighted by atomic mass is 32.1. The van der Waals surface area contributed by atoms with Crippen LogP contribution in [-0.4, -0.2) is 61.0 Å². The highest BCUT2D eigenvalue weighted by Gasteiger charge is 2.28. The van der Waals surface area contributed by atoms with Crippen molar-refractivity contribution in [3.63, 3.8) is 0 Å². The molecule has 4 rings (SSSR count). The fourth-order valence-corrected chi connectivity index (χ4v) is 4.45. The number of tetrazole rings is 1. The Hall–Kier alpha value is -4.39. The number of carbonyl (C=O) groups excluding carboxylic acids is 3. The van der Waals surface area contributed by atoms with E-state index in [2.05, 4.69) is 25.8 Å². The van der Waals surface area contributed by atoms with Crippen LogP contribution in [0.2, 0.25) is 0 Å². The molecule has 37 heavy (non-hydrogen) atoms. The van der Waals surface area contributed by atoms with Crippen LogP contribution in [0.15, 0.2) is 42.6 Å². The summed E-state index contributed by atoms with van der Waals surface area (Å²) >= 11 is 0.955. The van der Waals surface area contributed by atoms with E-state index in [1.54, 1.807) is 20.0 Å². The number of anilines is 1. The molecule has 0 aliphatic rings. The summed E-state index contributed by atoms with van der Waals surface area (Å²) in [5.74, 6) is -1.29. The van der Waals surface area contributed by atoms with Crippen molar-refractivity contribution in [1.82, 2.24) is 30.0 Å². The van der Waals surface area contributed by atoms with Crippen LogP contribution >= 0.6 is 11.3 Å². The van der Waals surface area contributed by atoms with Crippen LogP contribution in [0.4, 0.5) is 5.00 Å². The van der Waals surface area contributed by atoms with Gasteiger partial charge in [0.25, 0.3) is 5.91 Å². The number of thiophene rings is 1. The van der Waals surface area contributed by atoms with Crippen molar-refractivity contribution in [3.8, 4) is 11.4 Å². The smallest absolute Gasteiger partial charge is 0.348 e. The van der Waals surface area contributed by atoms with E-state index < -0.39 is 17.8 Å². The van der Waals surface area contributed by atoms with E-state index in [-0.39, 0.29) is 41.0 Å². The van der Waals surface area contributed by atoms with Crippen LogP contribution < -0.4 is 5.32 Å². The second kappa shape index (κ2) is 11.6. The van der Waals surface area contributed by atoms with Crippen molar-refractivity contribution in [2.24, 2.45) is 0 Å². The molecular weight excluding hydrogens is 498 g/mol. The van der Waals surface area contributed by atoms with Gasteiger partial charge in [0.15, 0.2) is 12.4 Å². The normalized spacial score (nSPS) is 10.8. The largest absolute Gasteiger partial charge is 0.462 e. The average Bonchev–Trinajstić information content (AvgIpc) is 3.63. The summed E-state index contributed by atoms with van der Waals surface area (Å²) in [4.78, 5) is 39.6. The predicted octanol–water partition coefficient (Wildman–Crippen LogP) is 3.41. The number of rotatable bonds is 10. The van der Waals surface area contributed by atoms with Gasteiger partial charge in [0.1, 0.15) is 9.88 Å². The highest BCUT2D eigenvalue weighted by Crippen LogP contribution is 2.34. The topological polar surface area (TPSA) is 143 Å². The van der Waals surface area contributed by atoms with Gasteiger partial charge in [0.2, 0.25) is 5.82 Å². The van der Waals surface area contributed by atoms with Crippen molar-refractivity contribution >= 4 is 34.2 Å². The predicted molar refractivity (Wildman–Crippen MR) is 134 cm³/mol. The maximum atomic E-state index is 13.0. The number of benzene rings is 1. The minimum atomic E-state index is -0.626. The molecule has 0 atom stereocenters. The van der Waals surface area contributed by atoms with Crippen LogP contribution in [0, 0.1) is 6.92 Å². The Morgan fingerprint density at radius 1 is 1.03 bits per heavy atom. The monoisotopic (exact) mass is 523 g/mol.